The van der Waals surface area contributed by atoms with Gasteiger partial charge >= 0.3 is 0 Å². The molecule has 146 valence electrons. The molecule has 1 saturated heterocycles. The molecular weight excluding hydrogens is 346 g/mol. The van der Waals surface area contributed by atoms with E-state index in [9.17, 15) is 14.4 Å². The zero-order chi connectivity index (χ0) is 19.6. The van der Waals surface area contributed by atoms with Crippen molar-refractivity contribution in [3.05, 3.63) is 29.8 Å². The van der Waals surface area contributed by atoms with Crippen molar-refractivity contribution in [2.24, 2.45) is 0 Å². The summed E-state index contributed by atoms with van der Waals surface area (Å²) in [6, 6.07) is 7.12. The van der Waals surface area contributed by atoms with Crippen molar-refractivity contribution >= 4 is 17.7 Å². The van der Waals surface area contributed by atoms with E-state index in [1.165, 1.54) is 0 Å². The van der Waals surface area contributed by atoms with Gasteiger partial charge in [0.1, 0.15) is 17.9 Å². The summed E-state index contributed by atoms with van der Waals surface area (Å²) in [4.78, 5) is 40.8. The molecule has 0 bridgehead atoms. The maximum Gasteiger partial charge on any atom is 0.258 e. The average molecular weight is 373 g/mol. The van der Waals surface area contributed by atoms with Crippen LogP contribution in [-0.4, -0.2) is 65.8 Å². The maximum absolute atomic E-state index is 13.1. The largest absolute Gasteiger partial charge is 0.485 e. The molecule has 1 aromatic carbocycles. The number of nitrogens with one attached hydrogen (secondary N) is 1. The lowest BCUT2D eigenvalue weighted by Gasteiger charge is -2.35. The van der Waals surface area contributed by atoms with Crippen LogP contribution in [0.25, 0.3) is 0 Å². The molecule has 2 aliphatic rings. The van der Waals surface area contributed by atoms with Gasteiger partial charge in [-0.3, -0.25) is 14.4 Å². The Morgan fingerprint density at radius 2 is 2.00 bits per heavy atom. The highest BCUT2D eigenvalue weighted by atomic mass is 16.5. The van der Waals surface area contributed by atoms with Gasteiger partial charge in [-0.2, -0.15) is 0 Å². The van der Waals surface area contributed by atoms with Crippen molar-refractivity contribution in [1.29, 1.82) is 0 Å². The molecule has 7 nitrogen and oxygen atoms in total. The molecule has 7 heteroatoms. The molecule has 1 N–H and O–H groups in total. The Balaban J connectivity index is 1.93. The second-order valence-corrected chi connectivity index (χ2v) is 7.73. The lowest BCUT2D eigenvalue weighted by Crippen LogP contribution is -2.51. The molecule has 3 rings (SSSR count). The first-order chi connectivity index (χ1) is 12.8. The van der Waals surface area contributed by atoms with E-state index >= 15 is 0 Å². The SMILES string of the molecule is CC(C)NC(=O)CN1CC2(CCC(=O)N(C)CC2)Oc2ccccc2C1=O. The molecule has 1 spiro atoms. The van der Waals surface area contributed by atoms with Crippen LogP contribution in [0, 0.1) is 0 Å². The first-order valence-corrected chi connectivity index (χ1v) is 9.40. The van der Waals surface area contributed by atoms with Crippen molar-refractivity contribution in [3.8, 4) is 5.75 Å². The van der Waals surface area contributed by atoms with E-state index in [-0.39, 0.29) is 36.9 Å². The number of hydrogen-bond donors (Lipinski definition) is 1. The molecule has 27 heavy (non-hydrogen) atoms. The summed E-state index contributed by atoms with van der Waals surface area (Å²) in [6.45, 7) is 4.58. The number of likely N-dealkylation sites (tertiary alicyclic amines) is 1. The highest BCUT2D eigenvalue weighted by Gasteiger charge is 2.43. The third kappa shape index (κ3) is 4.23. The van der Waals surface area contributed by atoms with Gasteiger partial charge in [-0.15, -0.1) is 0 Å². The normalized spacial score (nSPS) is 23.0. The number of carbonyl (C=O) groups excluding carboxylic acids is 3. The predicted octanol–water partition coefficient (Wildman–Crippen LogP) is 1.43. The number of rotatable bonds is 3. The first-order valence-electron chi connectivity index (χ1n) is 9.40. The molecular formula is C20H27N3O4. The highest BCUT2D eigenvalue weighted by molar-refractivity contribution is 5.99. The average Bonchev–Trinajstić information content (AvgIpc) is 2.81. The number of ether oxygens (including phenoxy) is 1. The maximum atomic E-state index is 13.1. The highest BCUT2D eigenvalue weighted by Crippen LogP contribution is 2.35. The number of amides is 3. The van der Waals surface area contributed by atoms with Gasteiger partial charge in [0.25, 0.3) is 5.91 Å². The first kappa shape index (κ1) is 19.2. The minimum absolute atomic E-state index is 0.00114. The van der Waals surface area contributed by atoms with E-state index in [0.29, 0.717) is 37.1 Å². The fraction of sp³-hybridized carbons (Fsp3) is 0.550. The number of carbonyl (C=O) groups is 3. The number of hydrogen-bond acceptors (Lipinski definition) is 4. The Bertz CT molecular complexity index is 748. The van der Waals surface area contributed by atoms with E-state index in [1.54, 1.807) is 35.0 Å². The summed E-state index contributed by atoms with van der Waals surface area (Å²) in [7, 11) is 1.78. The van der Waals surface area contributed by atoms with Crippen LogP contribution in [-0.2, 0) is 9.59 Å². The zero-order valence-corrected chi connectivity index (χ0v) is 16.2. The Hall–Kier alpha value is -2.57. The zero-order valence-electron chi connectivity index (χ0n) is 16.2. The summed E-state index contributed by atoms with van der Waals surface area (Å²) < 4.78 is 6.35. The van der Waals surface area contributed by atoms with Gasteiger partial charge in [-0.25, -0.2) is 0 Å². The van der Waals surface area contributed by atoms with Crippen LogP contribution in [0.15, 0.2) is 24.3 Å². The molecule has 1 unspecified atom stereocenters. The van der Waals surface area contributed by atoms with Crippen molar-refractivity contribution in [2.75, 3.05) is 26.7 Å². The van der Waals surface area contributed by atoms with Crippen molar-refractivity contribution in [2.45, 2.75) is 44.8 Å². The summed E-state index contributed by atoms with van der Waals surface area (Å²) in [6.07, 6.45) is 1.48. The van der Waals surface area contributed by atoms with Crippen LogP contribution in [0.5, 0.6) is 5.75 Å². The van der Waals surface area contributed by atoms with Crippen LogP contribution in [0.4, 0.5) is 0 Å². The van der Waals surface area contributed by atoms with Crippen molar-refractivity contribution in [3.63, 3.8) is 0 Å². The Labute approximate surface area is 159 Å². The van der Waals surface area contributed by atoms with E-state index in [1.807, 2.05) is 19.9 Å². The molecule has 2 aliphatic heterocycles. The van der Waals surface area contributed by atoms with Gasteiger partial charge in [0.2, 0.25) is 11.8 Å². The molecule has 3 amide bonds. The minimum atomic E-state index is -0.680. The van der Waals surface area contributed by atoms with Crippen LogP contribution in [0.2, 0.25) is 0 Å². The van der Waals surface area contributed by atoms with Gasteiger partial charge in [0.15, 0.2) is 0 Å². The van der Waals surface area contributed by atoms with Crippen molar-refractivity contribution in [1.82, 2.24) is 15.1 Å². The van der Waals surface area contributed by atoms with Crippen LogP contribution in [0.3, 0.4) is 0 Å². The minimum Gasteiger partial charge on any atom is -0.485 e. The molecule has 1 aromatic rings. The molecule has 0 radical (unpaired) electrons. The van der Waals surface area contributed by atoms with E-state index < -0.39 is 5.60 Å². The summed E-state index contributed by atoms with van der Waals surface area (Å²) in [5.74, 6) is 0.176. The Morgan fingerprint density at radius 1 is 1.26 bits per heavy atom. The number of para-hydroxylation sites is 1. The molecule has 1 fully saturated rings. The standard InChI is InChI=1S/C20H27N3O4/c1-14(2)21-17(24)12-23-13-20(9-8-18(25)22(3)11-10-20)27-16-7-5-4-6-15(16)19(23)26/h4-7,14H,8-13H2,1-3H3,(H,21,24). The number of nitrogens with zero attached hydrogens (tertiary/aromatic N) is 2. The van der Waals surface area contributed by atoms with E-state index in [0.717, 1.165) is 0 Å². The van der Waals surface area contributed by atoms with Crippen LogP contribution in [0.1, 0.15) is 43.5 Å². The third-order valence-electron chi connectivity index (χ3n) is 5.12. The third-order valence-corrected chi connectivity index (χ3v) is 5.12. The number of benzene rings is 1. The summed E-state index contributed by atoms with van der Waals surface area (Å²) >= 11 is 0. The predicted molar refractivity (Wildman–Crippen MR) is 100 cm³/mol. The second kappa shape index (κ2) is 7.58. The summed E-state index contributed by atoms with van der Waals surface area (Å²) in [5, 5.41) is 2.84. The molecule has 0 aliphatic carbocycles. The molecule has 1 atom stereocenters. The number of fused-ring (bicyclic) bond motifs is 1. The Morgan fingerprint density at radius 3 is 2.74 bits per heavy atom. The Kier molecular flexibility index (Phi) is 5.39. The second-order valence-electron chi connectivity index (χ2n) is 7.73. The van der Waals surface area contributed by atoms with E-state index in [2.05, 4.69) is 5.32 Å². The molecule has 2 heterocycles. The van der Waals surface area contributed by atoms with Gasteiger partial charge in [-0.1, -0.05) is 12.1 Å². The molecule has 0 saturated carbocycles. The fourth-order valence-corrected chi connectivity index (χ4v) is 3.66. The van der Waals surface area contributed by atoms with E-state index in [4.69, 9.17) is 4.74 Å². The fourth-order valence-electron chi connectivity index (χ4n) is 3.66. The smallest absolute Gasteiger partial charge is 0.258 e. The lowest BCUT2D eigenvalue weighted by molar-refractivity contribution is -0.129. The monoisotopic (exact) mass is 373 g/mol. The van der Waals surface area contributed by atoms with Gasteiger partial charge in [0.05, 0.1) is 12.1 Å². The van der Waals surface area contributed by atoms with Crippen LogP contribution >= 0.6 is 0 Å². The van der Waals surface area contributed by atoms with Crippen LogP contribution < -0.4 is 10.1 Å². The van der Waals surface area contributed by atoms with Gasteiger partial charge < -0.3 is 19.9 Å². The quantitative estimate of drug-likeness (QED) is 0.869. The topological polar surface area (TPSA) is 79.0 Å². The van der Waals surface area contributed by atoms with Crippen molar-refractivity contribution < 1.29 is 19.1 Å². The summed E-state index contributed by atoms with van der Waals surface area (Å²) in [5.41, 5.74) is -0.225. The van der Waals surface area contributed by atoms with Gasteiger partial charge in [-0.05, 0) is 32.4 Å². The van der Waals surface area contributed by atoms with Gasteiger partial charge in [0, 0.05) is 32.5 Å². The lowest BCUT2D eigenvalue weighted by atomic mass is 9.93. The molecule has 0 aromatic heterocycles.